The van der Waals surface area contributed by atoms with Crippen molar-refractivity contribution in [3.05, 3.63) is 74.3 Å². The molecule has 8 nitrogen and oxygen atoms in total. The molecule has 1 atom stereocenters. The lowest BCUT2D eigenvalue weighted by atomic mass is 9.88. The van der Waals surface area contributed by atoms with E-state index in [9.17, 15) is 20.2 Å². The van der Waals surface area contributed by atoms with Gasteiger partial charge in [0.25, 0.3) is 5.69 Å². The Balaban J connectivity index is 2.08. The molecule has 26 heavy (non-hydrogen) atoms. The Morgan fingerprint density at radius 3 is 2.35 bits per heavy atom. The number of likely N-dealkylation sites (N-methyl/N-ethyl adjacent to an activating group) is 1. The van der Waals surface area contributed by atoms with Crippen LogP contribution < -0.4 is 10.1 Å². The molecule has 0 aliphatic heterocycles. The van der Waals surface area contributed by atoms with Gasteiger partial charge in [0.1, 0.15) is 5.60 Å². The van der Waals surface area contributed by atoms with Crippen LogP contribution in [0.2, 0.25) is 0 Å². The van der Waals surface area contributed by atoms with E-state index in [1.807, 2.05) is 30.3 Å². The van der Waals surface area contributed by atoms with E-state index in [0.29, 0.717) is 6.54 Å². The third-order valence-corrected chi connectivity index (χ3v) is 4.58. The van der Waals surface area contributed by atoms with E-state index in [1.54, 1.807) is 7.05 Å². The molecule has 0 heterocycles. The highest BCUT2D eigenvalue weighted by atomic mass is 16.6. The molecule has 1 unspecified atom stereocenters. The molecule has 2 aromatic carbocycles. The molecule has 0 aromatic heterocycles. The van der Waals surface area contributed by atoms with Crippen molar-refractivity contribution < 1.29 is 14.6 Å². The normalized spacial score (nSPS) is 15.9. The summed E-state index contributed by atoms with van der Waals surface area (Å²) in [5, 5.41) is 25.5. The largest absolute Gasteiger partial charge is 0.474 e. The SMILES string of the molecule is CNCC(Oc1ccc([N+](=O)[O-])cc1[N+](=O)[O-])(c1ccccc1)C1CC1. The fraction of sp³-hybridized carbons (Fsp3) is 0.333. The summed E-state index contributed by atoms with van der Waals surface area (Å²) in [7, 11) is 1.80. The van der Waals surface area contributed by atoms with Crippen LogP contribution in [0.15, 0.2) is 48.5 Å². The van der Waals surface area contributed by atoms with Gasteiger partial charge in [-0.1, -0.05) is 30.3 Å². The van der Waals surface area contributed by atoms with Crippen LogP contribution >= 0.6 is 0 Å². The third kappa shape index (κ3) is 3.36. The Labute approximate surface area is 150 Å². The van der Waals surface area contributed by atoms with E-state index < -0.39 is 21.1 Å². The lowest BCUT2D eigenvalue weighted by Gasteiger charge is -2.35. The van der Waals surface area contributed by atoms with Crippen molar-refractivity contribution in [3.8, 4) is 5.75 Å². The average molecular weight is 357 g/mol. The van der Waals surface area contributed by atoms with Crippen LogP contribution in [-0.2, 0) is 5.60 Å². The molecule has 0 bridgehead atoms. The summed E-state index contributed by atoms with van der Waals surface area (Å²) in [5.74, 6) is 0.249. The first-order valence-electron chi connectivity index (χ1n) is 8.30. The predicted octanol–water partition coefficient (Wildman–Crippen LogP) is 3.41. The summed E-state index contributed by atoms with van der Waals surface area (Å²) in [6.45, 7) is 0.468. The van der Waals surface area contributed by atoms with Gasteiger partial charge in [0.2, 0.25) is 0 Å². The molecular weight excluding hydrogens is 338 g/mol. The quantitative estimate of drug-likeness (QED) is 0.573. The van der Waals surface area contributed by atoms with Crippen LogP contribution in [0.4, 0.5) is 11.4 Å². The van der Waals surface area contributed by atoms with Crippen molar-refractivity contribution in [1.82, 2.24) is 5.32 Å². The van der Waals surface area contributed by atoms with Crippen LogP contribution in [0.1, 0.15) is 18.4 Å². The monoisotopic (exact) mass is 357 g/mol. The molecular formula is C18H19N3O5. The van der Waals surface area contributed by atoms with Crippen LogP contribution in [0.3, 0.4) is 0 Å². The van der Waals surface area contributed by atoms with Gasteiger partial charge in [0.15, 0.2) is 5.75 Å². The number of benzene rings is 2. The zero-order valence-electron chi connectivity index (χ0n) is 14.3. The van der Waals surface area contributed by atoms with Crippen molar-refractivity contribution in [3.63, 3.8) is 0 Å². The van der Waals surface area contributed by atoms with Gasteiger partial charge >= 0.3 is 5.69 Å². The molecule has 136 valence electrons. The molecule has 1 N–H and O–H groups in total. The maximum Gasteiger partial charge on any atom is 0.317 e. The molecule has 1 aliphatic rings. The number of hydrogen-bond donors (Lipinski definition) is 1. The Hall–Kier alpha value is -3.00. The van der Waals surface area contributed by atoms with Crippen molar-refractivity contribution in [1.29, 1.82) is 0 Å². The van der Waals surface area contributed by atoms with Crippen LogP contribution in [0, 0.1) is 26.1 Å². The molecule has 8 heteroatoms. The summed E-state index contributed by atoms with van der Waals surface area (Å²) in [4.78, 5) is 21.1. The summed E-state index contributed by atoms with van der Waals surface area (Å²) < 4.78 is 6.25. The first-order valence-corrected chi connectivity index (χ1v) is 8.30. The van der Waals surface area contributed by atoms with Crippen molar-refractivity contribution in [2.45, 2.75) is 18.4 Å². The minimum atomic E-state index is -0.767. The molecule has 2 aromatic rings. The van der Waals surface area contributed by atoms with Crippen molar-refractivity contribution in [2.24, 2.45) is 5.92 Å². The summed E-state index contributed by atoms with van der Waals surface area (Å²) in [6.07, 6.45) is 1.91. The lowest BCUT2D eigenvalue weighted by Crippen LogP contribution is -2.44. The van der Waals surface area contributed by atoms with Gasteiger partial charge in [-0.15, -0.1) is 0 Å². The fourth-order valence-electron chi connectivity index (χ4n) is 3.24. The van der Waals surface area contributed by atoms with Crippen molar-refractivity contribution in [2.75, 3.05) is 13.6 Å². The standard InChI is InChI=1S/C18H19N3O5/c1-19-12-18(14-7-8-14,13-5-3-2-4-6-13)26-17-10-9-15(20(22)23)11-16(17)21(24)25/h2-6,9-11,14,19H,7-8,12H2,1H3. The van der Waals surface area contributed by atoms with Crippen molar-refractivity contribution >= 4 is 11.4 Å². The van der Waals surface area contributed by atoms with Gasteiger partial charge in [0.05, 0.1) is 15.9 Å². The second-order valence-corrected chi connectivity index (χ2v) is 6.33. The van der Waals surface area contributed by atoms with Crippen LogP contribution in [0.25, 0.3) is 0 Å². The van der Waals surface area contributed by atoms with Gasteiger partial charge in [-0.3, -0.25) is 20.2 Å². The summed E-state index contributed by atoms with van der Waals surface area (Å²) in [6, 6.07) is 13.0. The minimum Gasteiger partial charge on any atom is -0.474 e. The smallest absolute Gasteiger partial charge is 0.317 e. The molecule has 1 aliphatic carbocycles. The van der Waals surface area contributed by atoms with E-state index in [1.165, 1.54) is 12.1 Å². The lowest BCUT2D eigenvalue weighted by molar-refractivity contribution is -0.395. The second-order valence-electron chi connectivity index (χ2n) is 6.33. The van der Waals surface area contributed by atoms with Gasteiger partial charge < -0.3 is 10.1 Å². The number of rotatable bonds is 8. The van der Waals surface area contributed by atoms with E-state index in [4.69, 9.17) is 4.74 Å². The fourth-order valence-corrected chi connectivity index (χ4v) is 3.24. The first kappa shape index (κ1) is 17.8. The molecule has 0 radical (unpaired) electrons. The molecule has 1 fully saturated rings. The predicted molar refractivity (Wildman–Crippen MR) is 95.1 cm³/mol. The number of hydrogen-bond acceptors (Lipinski definition) is 6. The average Bonchev–Trinajstić information content (AvgIpc) is 3.47. The number of non-ortho nitro benzene ring substituents is 1. The number of nitrogens with one attached hydrogen (secondary N) is 1. The molecule has 0 amide bonds. The zero-order chi connectivity index (χ0) is 18.7. The van der Waals surface area contributed by atoms with Gasteiger partial charge in [-0.2, -0.15) is 0 Å². The summed E-state index contributed by atoms with van der Waals surface area (Å²) in [5.41, 5.74) is -0.591. The molecule has 1 saturated carbocycles. The van der Waals surface area contributed by atoms with Gasteiger partial charge in [-0.05, 0) is 31.5 Å². The Morgan fingerprint density at radius 2 is 1.81 bits per heavy atom. The number of ether oxygens (including phenoxy) is 1. The number of nitro groups is 2. The van der Waals surface area contributed by atoms with E-state index in [2.05, 4.69) is 5.32 Å². The van der Waals surface area contributed by atoms with Crippen LogP contribution in [0.5, 0.6) is 5.75 Å². The first-order chi connectivity index (χ1) is 12.5. The van der Waals surface area contributed by atoms with E-state index >= 15 is 0 Å². The maximum absolute atomic E-state index is 11.4. The molecule has 3 rings (SSSR count). The zero-order valence-corrected chi connectivity index (χ0v) is 14.3. The Bertz CT molecular complexity index is 823. The Kier molecular flexibility index (Phi) is 4.85. The molecule has 0 spiro atoms. The second kappa shape index (κ2) is 7.09. The molecule has 0 saturated heterocycles. The van der Waals surface area contributed by atoms with E-state index in [0.717, 1.165) is 24.5 Å². The minimum absolute atomic E-state index is 0.0339. The Morgan fingerprint density at radius 1 is 1.12 bits per heavy atom. The van der Waals surface area contributed by atoms with Crippen LogP contribution in [-0.4, -0.2) is 23.4 Å². The summed E-state index contributed by atoms with van der Waals surface area (Å²) >= 11 is 0. The maximum atomic E-state index is 11.4. The highest BCUT2D eigenvalue weighted by Gasteiger charge is 2.49. The van der Waals surface area contributed by atoms with Gasteiger partial charge in [0, 0.05) is 18.5 Å². The highest BCUT2D eigenvalue weighted by Crippen LogP contribution is 2.49. The number of nitro benzene ring substituents is 2. The third-order valence-electron chi connectivity index (χ3n) is 4.58. The van der Waals surface area contributed by atoms with Gasteiger partial charge in [-0.25, -0.2) is 0 Å². The highest BCUT2D eigenvalue weighted by molar-refractivity contribution is 5.54. The number of nitrogens with zero attached hydrogens (tertiary/aromatic N) is 2. The topological polar surface area (TPSA) is 108 Å². The van der Waals surface area contributed by atoms with E-state index in [-0.39, 0.29) is 17.4 Å².